The van der Waals surface area contributed by atoms with Gasteiger partial charge in [-0.15, -0.1) is 21.5 Å². The zero-order valence-corrected chi connectivity index (χ0v) is 19.7. The third-order valence-corrected chi connectivity index (χ3v) is 6.66. The molecule has 3 aromatic rings. The van der Waals surface area contributed by atoms with E-state index in [0.29, 0.717) is 18.0 Å². The first-order valence-corrected chi connectivity index (χ1v) is 11.4. The maximum atomic E-state index is 12.6. The minimum atomic E-state index is -0.527. The predicted octanol–water partition coefficient (Wildman–Crippen LogP) is 4.61. The fraction of sp³-hybridized carbons (Fsp3) is 0.375. The summed E-state index contributed by atoms with van der Waals surface area (Å²) in [6, 6.07) is 9.01. The van der Waals surface area contributed by atoms with Crippen molar-refractivity contribution >= 4 is 23.0 Å². The van der Waals surface area contributed by atoms with Gasteiger partial charge in [0.2, 0.25) is 0 Å². The average molecular weight is 448 g/mol. The number of carbonyl (C=O) groups is 1. The molecule has 1 aliphatic heterocycles. The Morgan fingerprint density at radius 2 is 1.94 bits per heavy atom. The van der Waals surface area contributed by atoms with Gasteiger partial charge in [-0.05, 0) is 44.4 Å². The summed E-state index contributed by atoms with van der Waals surface area (Å²) in [5, 5.41) is 18.9. The number of rotatable bonds is 5. The van der Waals surface area contributed by atoms with E-state index in [1.165, 1.54) is 4.88 Å². The Balaban J connectivity index is 1.87. The fourth-order valence-corrected chi connectivity index (χ4v) is 4.92. The number of hydrogen-bond donors (Lipinski definition) is 0. The second kappa shape index (κ2) is 8.67. The van der Waals surface area contributed by atoms with Crippen LogP contribution in [0.2, 0.25) is 0 Å². The van der Waals surface area contributed by atoms with Gasteiger partial charge in [-0.25, -0.2) is 0 Å². The standard InChI is InChI=1S/C24H25N5O2S/c1-13(2)12-31-20(30)10-19-23-28-27-16(5)29(23)24-21(14(3)15(4)32-24)22(26-19)18-8-6-17(11-25)7-9-18/h6-9,13,19H,10,12H2,1-5H3/t19-/m0/s1. The number of benzene rings is 1. The number of fused-ring (bicyclic) bond motifs is 3. The lowest BCUT2D eigenvalue weighted by molar-refractivity contribution is -0.145. The van der Waals surface area contributed by atoms with Gasteiger partial charge in [-0.2, -0.15) is 5.26 Å². The van der Waals surface area contributed by atoms with Crippen LogP contribution in [-0.2, 0) is 9.53 Å². The molecule has 32 heavy (non-hydrogen) atoms. The van der Waals surface area contributed by atoms with E-state index >= 15 is 0 Å². The molecule has 0 aliphatic carbocycles. The van der Waals surface area contributed by atoms with Crippen LogP contribution < -0.4 is 0 Å². The molecule has 0 unspecified atom stereocenters. The highest BCUT2D eigenvalue weighted by Gasteiger charge is 2.32. The summed E-state index contributed by atoms with van der Waals surface area (Å²) >= 11 is 1.67. The van der Waals surface area contributed by atoms with Crippen LogP contribution in [0.1, 0.15) is 65.1 Å². The van der Waals surface area contributed by atoms with Gasteiger partial charge in [0.05, 0.1) is 30.4 Å². The highest BCUT2D eigenvalue weighted by molar-refractivity contribution is 7.15. The molecule has 0 radical (unpaired) electrons. The van der Waals surface area contributed by atoms with Crippen molar-refractivity contribution < 1.29 is 9.53 Å². The van der Waals surface area contributed by atoms with E-state index < -0.39 is 6.04 Å². The van der Waals surface area contributed by atoms with E-state index in [4.69, 9.17) is 9.73 Å². The number of nitriles is 1. The van der Waals surface area contributed by atoms with Crippen LogP contribution in [0.15, 0.2) is 29.3 Å². The minimum Gasteiger partial charge on any atom is -0.465 e. The van der Waals surface area contributed by atoms with Crippen LogP contribution in [0.3, 0.4) is 0 Å². The van der Waals surface area contributed by atoms with Crippen molar-refractivity contribution in [3.8, 4) is 11.1 Å². The third-order valence-electron chi connectivity index (χ3n) is 5.46. The number of carbonyl (C=O) groups excluding carboxylic acids is 1. The molecule has 0 saturated carbocycles. The minimum absolute atomic E-state index is 0.0810. The van der Waals surface area contributed by atoms with E-state index in [1.807, 2.05) is 37.5 Å². The molecule has 1 atom stereocenters. The molecule has 164 valence electrons. The molecular weight excluding hydrogens is 422 g/mol. The maximum absolute atomic E-state index is 12.6. The van der Waals surface area contributed by atoms with Gasteiger partial charge < -0.3 is 4.74 Å². The van der Waals surface area contributed by atoms with Gasteiger partial charge in [0.25, 0.3) is 0 Å². The number of aromatic nitrogens is 3. The van der Waals surface area contributed by atoms with Crippen LogP contribution in [0, 0.1) is 38.0 Å². The first-order chi connectivity index (χ1) is 15.3. The Hall–Kier alpha value is -3.31. The molecule has 1 aliphatic rings. The molecule has 0 spiro atoms. The molecule has 0 amide bonds. The monoisotopic (exact) mass is 447 g/mol. The Morgan fingerprint density at radius 3 is 2.59 bits per heavy atom. The highest BCUT2D eigenvalue weighted by atomic mass is 32.1. The summed E-state index contributed by atoms with van der Waals surface area (Å²) < 4.78 is 7.46. The van der Waals surface area contributed by atoms with Gasteiger partial charge >= 0.3 is 5.97 Å². The van der Waals surface area contributed by atoms with E-state index in [2.05, 4.69) is 30.1 Å². The van der Waals surface area contributed by atoms with Crippen LogP contribution >= 0.6 is 11.3 Å². The molecule has 0 N–H and O–H groups in total. The van der Waals surface area contributed by atoms with Crippen molar-refractivity contribution in [1.29, 1.82) is 5.26 Å². The number of aliphatic imine (C=N–C) groups is 1. The van der Waals surface area contributed by atoms with Crippen molar-refractivity contribution in [2.75, 3.05) is 6.61 Å². The highest BCUT2D eigenvalue weighted by Crippen LogP contribution is 2.39. The lowest BCUT2D eigenvalue weighted by atomic mass is 9.99. The van der Waals surface area contributed by atoms with Crippen molar-refractivity contribution in [2.45, 2.75) is 47.1 Å². The quantitative estimate of drug-likeness (QED) is 0.533. The maximum Gasteiger partial charge on any atom is 0.308 e. The topological polar surface area (TPSA) is 93.2 Å². The Kier molecular flexibility index (Phi) is 5.94. The lowest BCUT2D eigenvalue weighted by Crippen LogP contribution is -2.15. The molecule has 0 fully saturated rings. The van der Waals surface area contributed by atoms with Crippen LogP contribution in [0.4, 0.5) is 0 Å². The predicted molar refractivity (Wildman–Crippen MR) is 123 cm³/mol. The van der Waals surface area contributed by atoms with Gasteiger partial charge in [0, 0.05) is 16.0 Å². The van der Waals surface area contributed by atoms with Crippen molar-refractivity contribution in [3.05, 3.63) is 63.0 Å². The second-order valence-electron chi connectivity index (χ2n) is 8.37. The largest absolute Gasteiger partial charge is 0.465 e. The zero-order chi connectivity index (χ0) is 23.0. The summed E-state index contributed by atoms with van der Waals surface area (Å²) in [5.41, 5.74) is 4.42. The molecule has 7 nitrogen and oxygen atoms in total. The molecule has 2 aromatic heterocycles. The summed E-state index contributed by atoms with van der Waals surface area (Å²) in [7, 11) is 0. The molecule has 0 bridgehead atoms. The first kappa shape index (κ1) is 21.9. The normalized spacial score (nSPS) is 14.9. The Morgan fingerprint density at radius 1 is 1.22 bits per heavy atom. The number of hydrogen-bond acceptors (Lipinski definition) is 7. The Bertz CT molecular complexity index is 1240. The summed E-state index contributed by atoms with van der Waals surface area (Å²) in [6.07, 6.45) is 0.0810. The second-order valence-corrected chi connectivity index (χ2v) is 9.57. The number of nitrogens with zero attached hydrogens (tertiary/aromatic N) is 5. The number of aryl methyl sites for hydroxylation is 2. The van der Waals surface area contributed by atoms with Crippen LogP contribution in [0.25, 0.3) is 5.00 Å². The van der Waals surface area contributed by atoms with Crippen molar-refractivity contribution in [1.82, 2.24) is 14.8 Å². The molecular formula is C24H25N5O2S. The zero-order valence-electron chi connectivity index (χ0n) is 18.8. The van der Waals surface area contributed by atoms with E-state index in [-0.39, 0.29) is 18.3 Å². The number of thiophene rings is 1. The van der Waals surface area contributed by atoms with Crippen LogP contribution in [-0.4, -0.2) is 33.1 Å². The van der Waals surface area contributed by atoms with E-state index in [9.17, 15) is 10.1 Å². The summed E-state index contributed by atoms with van der Waals surface area (Å²) in [4.78, 5) is 18.9. The lowest BCUT2D eigenvalue weighted by Gasteiger charge is -2.13. The number of esters is 1. The van der Waals surface area contributed by atoms with Crippen LogP contribution in [0.5, 0.6) is 0 Å². The van der Waals surface area contributed by atoms with E-state index in [0.717, 1.165) is 33.2 Å². The van der Waals surface area contributed by atoms with Crippen molar-refractivity contribution in [3.63, 3.8) is 0 Å². The smallest absolute Gasteiger partial charge is 0.308 e. The Labute approximate surface area is 191 Å². The average Bonchev–Trinajstić information content (AvgIpc) is 3.24. The fourth-order valence-electron chi connectivity index (χ4n) is 3.70. The van der Waals surface area contributed by atoms with Gasteiger partial charge in [-0.1, -0.05) is 26.0 Å². The molecule has 1 aromatic carbocycles. The molecule has 8 heteroatoms. The van der Waals surface area contributed by atoms with E-state index in [1.54, 1.807) is 23.5 Å². The molecule has 0 saturated heterocycles. The van der Waals surface area contributed by atoms with Crippen molar-refractivity contribution in [2.24, 2.45) is 10.9 Å². The first-order valence-electron chi connectivity index (χ1n) is 10.6. The third kappa shape index (κ3) is 3.96. The van der Waals surface area contributed by atoms with Gasteiger partial charge in [0.1, 0.15) is 16.9 Å². The van der Waals surface area contributed by atoms with Gasteiger partial charge in [0.15, 0.2) is 5.82 Å². The molecule has 3 heterocycles. The van der Waals surface area contributed by atoms with Gasteiger partial charge in [-0.3, -0.25) is 14.4 Å². The number of ether oxygens (including phenoxy) is 1. The summed E-state index contributed by atoms with van der Waals surface area (Å²) in [5.74, 6) is 1.33. The molecule has 4 rings (SSSR count). The SMILES string of the molecule is Cc1sc2c(c1C)C(c1ccc(C#N)cc1)=N[C@@H](CC(=O)OCC(C)C)c1nnc(C)n1-2. The summed E-state index contributed by atoms with van der Waals surface area (Å²) in [6.45, 7) is 10.5.